The van der Waals surface area contributed by atoms with Crippen molar-refractivity contribution in [2.75, 3.05) is 20.1 Å². The highest BCUT2D eigenvalue weighted by Gasteiger charge is 2.23. The molecule has 0 saturated carbocycles. The molecule has 0 bridgehead atoms. The molecule has 5 heteroatoms. The molecule has 2 heterocycles. The van der Waals surface area contributed by atoms with Crippen LogP contribution in [0.5, 0.6) is 0 Å². The van der Waals surface area contributed by atoms with E-state index in [1.54, 1.807) is 27.6 Å². The molecule has 1 amide bonds. The third-order valence-corrected chi connectivity index (χ3v) is 5.00. The van der Waals surface area contributed by atoms with Crippen molar-refractivity contribution in [3.05, 3.63) is 22.4 Å². The second kappa shape index (κ2) is 4.99. The summed E-state index contributed by atoms with van der Waals surface area (Å²) in [7, 11) is 1.84. The van der Waals surface area contributed by atoms with Crippen LogP contribution >= 0.6 is 22.7 Å². The fourth-order valence-electron chi connectivity index (χ4n) is 1.84. The molecule has 2 rings (SSSR count). The standard InChI is InChI=1S/C13H18N2OS2/c1-13(2,7-14)8-15(3)12(16)11-6-10-9(18-11)4-5-17-10/h4-6H,7-8,14H2,1-3H3. The average molecular weight is 282 g/mol. The van der Waals surface area contributed by atoms with Crippen LogP contribution in [0.4, 0.5) is 0 Å². The molecule has 2 aromatic rings. The molecule has 0 aliphatic carbocycles. The van der Waals surface area contributed by atoms with Crippen LogP contribution in [0.25, 0.3) is 9.40 Å². The summed E-state index contributed by atoms with van der Waals surface area (Å²) in [4.78, 5) is 14.9. The number of amides is 1. The van der Waals surface area contributed by atoms with Crippen LogP contribution in [0.15, 0.2) is 17.5 Å². The summed E-state index contributed by atoms with van der Waals surface area (Å²) in [5.41, 5.74) is 5.66. The quantitative estimate of drug-likeness (QED) is 0.937. The molecule has 18 heavy (non-hydrogen) atoms. The Morgan fingerprint density at radius 1 is 1.44 bits per heavy atom. The molecular formula is C13H18N2OS2. The number of carbonyl (C=O) groups is 1. The third kappa shape index (κ3) is 2.74. The van der Waals surface area contributed by atoms with Crippen LogP contribution in [0.1, 0.15) is 23.5 Å². The lowest BCUT2D eigenvalue weighted by Crippen LogP contribution is -2.39. The number of hydrogen-bond acceptors (Lipinski definition) is 4. The number of carbonyl (C=O) groups excluding carboxylic acids is 1. The van der Waals surface area contributed by atoms with Gasteiger partial charge in [-0.2, -0.15) is 0 Å². The first-order valence-electron chi connectivity index (χ1n) is 5.85. The molecule has 0 unspecified atom stereocenters. The van der Waals surface area contributed by atoms with E-state index in [-0.39, 0.29) is 11.3 Å². The Morgan fingerprint density at radius 3 is 2.78 bits per heavy atom. The fourth-order valence-corrected chi connectivity index (χ4v) is 3.94. The summed E-state index contributed by atoms with van der Waals surface area (Å²) in [6.07, 6.45) is 0. The normalized spacial score (nSPS) is 12.0. The number of nitrogens with zero attached hydrogens (tertiary/aromatic N) is 1. The second-order valence-electron chi connectivity index (χ2n) is 5.29. The van der Waals surface area contributed by atoms with Crippen LogP contribution in [-0.2, 0) is 0 Å². The maximum absolute atomic E-state index is 12.3. The molecule has 3 nitrogen and oxygen atoms in total. The van der Waals surface area contributed by atoms with Gasteiger partial charge in [0.2, 0.25) is 0 Å². The van der Waals surface area contributed by atoms with Crippen molar-refractivity contribution < 1.29 is 4.79 Å². The minimum Gasteiger partial charge on any atom is -0.340 e. The van der Waals surface area contributed by atoms with E-state index in [9.17, 15) is 4.79 Å². The Morgan fingerprint density at radius 2 is 2.17 bits per heavy atom. The molecule has 0 spiro atoms. The highest BCUT2D eigenvalue weighted by atomic mass is 32.1. The summed E-state index contributed by atoms with van der Waals surface area (Å²) in [6.45, 7) is 5.39. The van der Waals surface area contributed by atoms with Crippen LogP contribution < -0.4 is 5.73 Å². The summed E-state index contributed by atoms with van der Waals surface area (Å²) >= 11 is 3.24. The highest BCUT2D eigenvalue weighted by Crippen LogP contribution is 2.30. The smallest absolute Gasteiger partial charge is 0.263 e. The first-order chi connectivity index (χ1) is 8.43. The van der Waals surface area contributed by atoms with E-state index in [1.807, 2.05) is 13.1 Å². The fraction of sp³-hybridized carbons (Fsp3) is 0.462. The Balaban J connectivity index is 2.13. The van der Waals surface area contributed by atoms with Gasteiger partial charge < -0.3 is 10.6 Å². The molecule has 0 aromatic carbocycles. The van der Waals surface area contributed by atoms with Crippen molar-refractivity contribution in [2.24, 2.45) is 11.1 Å². The molecular weight excluding hydrogens is 264 g/mol. The van der Waals surface area contributed by atoms with Crippen molar-refractivity contribution >= 4 is 38.0 Å². The lowest BCUT2D eigenvalue weighted by Gasteiger charge is -2.28. The Hall–Kier alpha value is -0.910. The average Bonchev–Trinajstić information content (AvgIpc) is 2.87. The first-order valence-corrected chi connectivity index (χ1v) is 7.55. The number of rotatable bonds is 4. The van der Waals surface area contributed by atoms with Gasteiger partial charge in [0.25, 0.3) is 5.91 Å². The maximum atomic E-state index is 12.3. The SMILES string of the molecule is CN(CC(C)(C)CN)C(=O)c1cc2sccc2s1. The van der Waals surface area contributed by atoms with E-state index < -0.39 is 0 Å². The molecule has 0 fully saturated rings. The Kier molecular flexibility index (Phi) is 3.75. The van der Waals surface area contributed by atoms with E-state index in [1.165, 1.54) is 9.40 Å². The van der Waals surface area contributed by atoms with Gasteiger partial charge in [0.15, 0.2) is 0 Å². The largest absolute Gasteiger partial charge is 0.340 e. The van der Waals surface area contributed by atoms with Crippen LogP contribution in [0.3, 0.4) is 0 Å². The lowest BCUT2D eigenvalue weighted by atomic mass is 9.93. The molecule has 2 aromatic heterocycles. The predicted molar refractivity (Wildman–Crippen MR) is 79.5 cm³/mol. The summed E-state index contributed by atoms with van der Waals surface area (Å²) in [6, 6.07) is 4.05. The van der Waals surface area contributed by atoms with Crippen LogP contribution in [0.2, 0.25) is 0 Å². The van der Waals surface area contributed by atoms with Crippen LogP contribution in [-0.4, -0.2) is 30.9 Å². The summed E-state index contributed by atoms with van der Waals surface area (Å²) in [5.74, 6) is 0.0879. The van der Waals surface area contributed by atoms with Crippen molar-refractivity contribution in [1.29, 1.82) is 0 Å². The number of fused-ring (bicyclic) bond motifs is 1. The van der Waals surface area contributed by atoms with Gasteiger partial charge in [0.05, 0.1) is 4.88 Å². The van der Waals surface area contributed by atoms with E-state index >= 15 is 0 Å². The topological polar surface area (TPSA) is 46.3 Å². The minimum absolute atomic E-state index is 0.0426. The second-order valence-corrected chi connectivity index (χ2v) is 7.32. The molecule has 98 valence electrons. The summed E-state index contributed by atoms with van der Waals surface area (Å²) < 4.78 is 2.38. The van der Waals surface area contributed by atoms with E-state index in [0.29, 0.717) is 13.1 Å². The van der Waals surface area contributed by atoms with Gasteiger partial charge in [0, 0.05) is 23.0 Å². The van der Waals surface area contributed by atoms with Gasteiger partial charge in [-0.1, -0.05) is 13.8 Å². The monoisotopic (exact) mass is 282 g/mol. The van der Waals surface area contributed by atoms with Gasteiger partial charge in [-0.25, -0.2) is 0 Å². The van der Waals surface area contributed by atoms with E-state index in [2.05, 4.69) is 25.3 Å². The van der Waals surface area contributed by atoms with Gasteiger partial charge >= 0.3 is 0 Å². The van der Waals surface area contributed by atoms with Gasteiger partial charge in [0.1, 0.15) is 0 Å². The molecule has 0 aliphatic rings. The summed E-state index contributed by atoms with van der Waals surface area (Å²) in [5, 5.41) is 2.05. The highest BCUT2D eigenvalue weighted by molar-refractivity contribution is 7.27. The first kappa shape index (κ1) is 13.5. The predicted octanol–water partition coefficient (Wildman–Crippen LogP) is 3.02. The molecule has 2 N–H and O–H groups in total. The zero-order valence-corrected chi connectivity index (χ0v) is 12.5. The van der Waals surface area contributed by atoms with Crippen molar-refractivity contribution in [3.63, 3.8) is 0 Å². The molecule has 0 radical (unpaired) electrons. The molecule has 0 saturated heterocycles. The molecule has 0 aliphatic heterocycles. The van der Waals surface area contributed by atoms with Gasteiger partial charge in [-0.05, 0) is 29.5 Å². The molecule has 0 atom stereocenters. The van der Waals surface area contributed by atoms with Crippen LogP contribution in [0, 0.1) is 5.41 Å². The third-order valence-electron chi connectivity index (χ3n) is 2.91. The number of thiophene rings is 2. The maximum Gasteiger partial charge on any atom is 0.263 e. The Bertz CT molecular complexity index is 528. The Labute approximate surface area is 115 Å². The number of nitrogens with two attached hydrogens (primary N) is 1. The lowest BCUT2D eigenvalue weighted by molar-refractivity contribution is 0.0745. The van der Waals surface area contributed by atoms with Crippen molar-refractivity contribution in [2.45, 2.75) is 13.8 Å². The van der Waals surface area contributed by atoms with Gasteiger partial charge in [-0.3, -0.25) is 4.79 Å². The minimum atomic E-state index is -0.0426. The van der Waals surface area contributed by atoms with Gasteiger partial charge in [-0.15, -0.1) is 22.7 Å². The zero-order chi connectivity index (χ0) is 13.3. The van der Waals surface area contributed by atoms with Crippen molar-refractivity contribution in [3.8, 4) is 0 Å². The number of hydrogen-bond donors (Lipinski definition) is 1. The zero-order valence-electron chi connectivity index (χ0n) is 10.9. The van der Waals surface area contributed by atoms with E-state index in [4.69, 9.17) is 5.73 Å². The van der Waals surface area contributed by atoms with E-state index in [0.717, 1.165) is 4.88 Å². The van der Waals surface area contributed by atoms with Crippen molar-refractivity contribution in [1.82, 2.24) is 4.90 Å².